The van der Waals surface area contributed by atoms with Crippen LogP contribution in [0.25, 0.3) is 10.9 Å². The second-order valence-electron chi connectivity index (χ2n) is 9.69. The molecular formula is C27H33Cl2N7O2. The van der Waals surface area contributed by atoms with Gasteiger partial charge in [-0.25, -0.2) is 4.68 Å². The second-order valence-corrected chi connectivity index (χ2v) is 10.1. The summed E-state index contributed by atoms with van der Waals surface area (Å²) in [7, 11) is 1.65. The van der Waals surface area contributed by atoms with Gasteiger partial charge >= 0.3 is 0 Å². The molecule has 11 heteroatoms. The normalized spacial score (nSPS) is 15.5. The molecular weight excluding hydrogens is 525 g/mol. The lowest BCUT2D eigenvalue weighted by Crippen LogP contribution is -2.48. The lowest BCUT2D eigenvalue weighted by atomic mass is 10.00. The first-order valence-electron chi connectivity index (χ1n) is 12.5. The van der Waals surface area contributed by atoms with E-state index in [1.165, 1.54) is 5.56 Å². The number of nitrogens with one attached hydrogen (secondary N) is 1. The highest BCUT2D eigenvalue weighted by atomic mass is 35.5. The van der Waals surface area contributed by atoms with Gasteiger partial charge in [0.05, 0.1) is 18.7 Å². The summed E-state index contributed by atoms with van der Waals surface area (Å²) in [5.74, 6) is 0.650. The van der Waals surface area contributed by atoms with Crippen LogP contribution in [0.1, 0.15) is 34.1 Å². The van der Waals surface area contributed by atoms with E-state index in [1.807, 2.05) is 25.1 Å². The molecule has 0 bridgehead atoms. The fourth-order valence-electron chi connectivity index (χ4n) is 5.18. The van der Waals surface area contributed by atoms with Crippen LogP contribution in [0.5, 0.6) is 0 Å². The number of halogens is 2. The van der Waals surface area contributed by atoms with Gasteiger partial charge in [0, 0.05) is 50.4 Å². The number of aromatic nitrogens is 5. The Morgan fingerprint density at radius 1 is 1.08 bits per heavy atom. The zero-order valence-corrected chi connectivity index (χ0v) is 23.4. The van der Waals surface area contributed by atoms with Crippen LogP contribution in [-0.2, 0) is 17.8 Å². The number of piperazine rings is 1. The lowest BCUT2D eigenvalue weighted by molar-refractivity contribution is 0.0984. The summed E-state index contributed by atoms with van der Waals surface area (Å²) in [5, 5.41) is 14.3. The molecule has 3 heterocycles. The minimum Gasteiger partial charge on any atom is -0.383 e. The third-order valence-electron chi connectivity index (χ3n) is 7.02. The van der Waals surface area contributed by atoms with Crippen molar-refractivity contribution in [2.75, 3.05) is 39.9 Å². The minimum absolute atomic E-state index is 0. The quantitative estimate of drug-likeness (QED) is 0.352. The number of tetrazole rings is 1. The zero-order chi connectivity index (χ0) is 25.9. The average Bonchev–Trinajstić information content (AvgIpc) is 3.34. The number of hydrogen-bond acceptors (Lipinski definition) is 7. The molecule has 1 N–H and O–H groups in total. The Morgan fingerprint density at radius 3 is 2.53 bits per heavy atom. The van der Waals surface area contributed by atoms with Crippen LogP contribution < -0.4 is 5.56 Å². The van der Waals surface area contributed by atoms with Gasteiger partial charge in [-0.05, 0) is 65.1 Å². The number of aromatic amines is 1. The highest BCUT2D eigenvalue weighted by Crippen LogP contribution is 2.29. The molecule has 0 saturated carbocycles. The van der Waals surface area contributed by atoms with Crippen molar-refractivity contribution in [1.29, 1.82) is 0 Å². The SMILES string of the molecule is COCCn1nnnc1C(c1cc2cc(C)cc(C)c2[nH]c1=O)N1CCN(Cc2ccc(Cl)cc2)CC1.Cl. The molecule has 38 heavy (non-hydrogen) atoms. The number of rotatable bonds is 8. The van der Waals surface area contributed by atoms with Crippen LogP contribution in [0.2, 0.25) is 5.02 Å². The van der Waals surface area contributed by atoms with Gasteiger partial charge in [-0.2, -0.15) is 0 Å². The van der Waals surface area contributed by atoms with E-state index in [4.69, 9.17) is 16.3 Å². The number of methoxy groups -OCH3 is 1. The molecule has 1 aliphatic heterocycles. The van der Waals surface area contributed by atoms with Gasteiger partial charge in [-0.1, -0.05) is 35.4 Å². The number of pyridine rings is 1. The highest BCUT2D eigenvalue weighted by Gasteiger charge is 2.32. The van der Waals surface area contributed by atoms with Crippen molar-refractivity contribution in [2.24, 2.45) is 0 Å². The fraction of sp³-hybridized carbons (Fsp3) is 0.407. The summed E-state index contributed by atoms with van der Waals surface area (Å²) in [6.45, 7) is 9.22. The van der Waals surface area contributed by atoms with Gasteiger partial charge in [-0.15, -0.1) is 17.5 Å². The van der Waals surface area contributed by atoms with Crippen LogP contribution in [0, 0.1) is 13.8 Å². The minimum atomic E-state index is -0.376. The van der Waals surface area contributed by atoms with Gasteiger partial charge in [0.1, 0.15) is 6.04 Å². The van der Waals surface area contributed by atoms with Crippen LogP contribution in [-0.4, -0.2) is 74.9 Å². The topological polar surface area (TPSA) is 92.2 Å². The van der Waals surface area contributed by atoms with Crippen molar-refractivity contribution >= 4 is 34.9 Å². The van der Waals surface area contributed by atoms with E-state index in [1.54, 1.807) is 11.8 Å². The van der Waals surface area contributed by atoms with E-state index in [2.05, 4.69) is 61.5 Å². The maximum absolute atomic E-state index is 13.5. The van der Waals surface area contributed by atoms with Crippen LogP contribution in [0.15, 0.2) is 47.3 Å². The predicted molar refractivity (Wildman–Crippen MR) is 151 cm³/mol. The Hall–Kier alpha value is -2.82. The van der Waals surface area contributed by atoms with Crippen molar-refractivity contribution in [3.63, 3.8) is 0 Å². The van der Waals surface area contributed by atoms with Crippen molar-refractivity contribution < 1.29 is 4.74 Å². The Labute approximate surface area is 233 Å². The molecule has 1 aliphatic rings. The number of hydrogen-bond donors (Lipinski definition) is 1. The Balaban J connectivity index is 0.00000336. The van der Waals surface area contributed by atoms with Gasteiger partial charge in [0.15, 0.2) is 5.82 Å². The predicted octanol–water partition coefficient (Wildman–Crippen LogP) is 3.76. The molecule has 0 amide bonds. The van der Waals surface area contributed by atoms with Gasteiger partial charge in [0.25, 0.3) is 5.56 Å². The third kappa shape index (κ3) is 6.08. The standard InChI is InChI=1S/C27H32ClN7O2.ClH/c1-18-14-19(2)24-21(15-18)16-23(27(36)29-24)25(26-30-31-32-35(26)12-13-37-3)34-10-8-33(9-11-34)17-20-4-6-22(28)7-5-20;/h4-7,14-16,25H,8-13,17H2,1-3H3,(H,29,36);1H. The first-order chi connectivity index (χ1) is 17.9. The number of fused-ring (bicyclic) bond motifs is 1. The largest absolute Gasteiger partial charge is 0.383 e. The van der Waals surface area contributed by atoms with E-state index in [0.717, 1.165) is 59.8 Å². The molecule has 0 spiro atoms. The molecule has 1 saturated heterocycles. The zero-order valence-electron chi connectivity index (χ0n) is 21.9. The van der Waals surface area contributed by atoms with Gasteiger partial charge in [-0.3, -0.25) is 14.6 Å². The monoisotopic (exact) mass is 557 g/mol. The molecule has 4 aromatic rings. The maximum Gasteiger partial charge on any atom is 0.253 e. The summed E-state index contributed by atoms with van der Waals surface area (Å²) >= 11 is 6.05. The molecule has 0 aliphatic carbocycles. The fourth-order valence-corrected chi connectivity index (χ4v) is 5.30. The Kier molecular flexibility index (Phi) is 9.17. The van der Waals surface area contributed by atoms with Crippen LogP contribution >= 0.6 is 24.0 Å². The number of nitrogens with zero attached hydrogens (tertiary/aromatic N) is 6. The summed E-state index contributed by atoms with van der Waals surface area (Å²) in [5.41, 5.74) is 4.84. The van der Waals surface area contributed by atoms with Crippen molar-refractivity contribution in [2.45, 2.75) is 33.0 Å². The smallest absolute Gasteiger partial charge is 0.253 e. The van der Waals surface area contributed by atoms with E-state index >= 15 is 0 Å². The van der Waals surface area contributed by atoms with E-state index < -0.39 is 0 Å². The molecule has 5 rings (SSSR count). The number of ether oxygens (including phenoxy) is 1. The molecule has 1 unspecified atom stereocenters. The van der Waals surface area contributed by atoms with Gasteiger partial charge < -0.3 is 9.72 Å². The van der Waals surface area contributed by atoms with Crippen molar-refractivity contribution in [3.8, 4) is 0 Å². The Morgan fingerprint density at radius 2 is 1.82 bits per heavy atom. The molecule has 202 valence electrons. The Bertz CT molecular complexity index is 1430. The van der Waals surface area contributed by atoms with Crippen LogP contribution in [0.3, 0.4) is 0 Å². The van der Waals surface area contributed by atoms with Crippen molar-refractivity contribution in [1.82, 2.24) is 35.0 Å². The van der Waals surface area contributed by atoms with Gasteiger partial charge in [0.2, 0.25) is 0 Å². The molecule has 9 nitrogen and oxygen atoms in total. The second kappa shape index (κ2) is 12.4. The number of benzene rings is 2. The highest BCUT2D eigenvalue weighted by molar-refractivity contribution is 6.30. The van der Waals surface area contributed by atoms with Crippen LogP contribution in [0.4, 0.5) is 0 Å². The first kappa shape index (κ1) is 28.2. The molecule has 2 aromatic heterocycles. The average molecular weight is 559 g/mol. The number of H-pyrrole nitrogens is 1. The van der Waals surface area contributed by atoms with E-state index in [9.17, 15) is 4.79 Å². The third-order valence-corrected chi connectivity index (χ3v) is 7.27. The summed E-state index contributed by atoms with van der Waals surface area (Å²) in [4.78, 5) is 21.4. The van der Waals surface area contributed by atoms with E-state index in [0.29, 0.717) is 24.5 Å². The van der Waals surface area contributed by atoms with E-state index in [-0.39, 0.29) is 24.0 Å². The lowest BCUT2D eigenvalue weighted by Gasteiger charge is -2.38. The summed E-state index contributed by atoms with van der Waals surface area (Å²) < 4.78 is 7.02. The molecule has 2 aromatic carbocycles. The first-order valence-corrected chi connectivity index (χ1v) is 12.9. The maximum atomic E-state index is 13.5. The summed E-state index contributed by atoms with van der Waals surface area (Å²) in [6.07, 6.45) is 0. The van der Waals surface area contributed by atoms with Crippen molar-refractivity contribution in [3.05, 3.63) is 85.9 Å². The number of aryl methyl sites for hydroxylation is 2. The molecule has 0 radical (unpaired) electrons. The summed E-state index contributed by atoms with van der Waals surface area (Å²) in [6, 6.07) is 13.8. The molecule has 1 fully saturated rings. The molecule has 1 atom stereocenters.